The van der Waals surface area contributed by atoms with Crippen molar-refractivity contribution in [2.24, 2.45) is 0 Å². The smallest absolute Gasteiger partial charge is 0.411 e. The predicted molar refractivity (Wildman–Crippen MR) is 120 cm³/mol. The molecule has 0 aliphatic carbocycles. The molecule has 2 aromatic rings. The molecule has 1 fully saturated rings. The van der Waals surface area contributed by atoms with Gasteiger partial charge >= 0.3 is 12.1 Å². The fraction of sp³-hybridized carbons (Fsp3) is 0.348. The first kappa shape index (κ1) is 23.9. The highest BCUT2D eigenvalue weighted by molar-refractivity contribution is 5.90. The van der Waals surface area contributed by atoms with E-state index in [-0.39, 0.29) is 44.4 Å². The Hall–Kier alpha value is -3.79. The molecule has 0 saturated carbocycles. The number of nitrogens with zero attached hydrogens (tertiary/aromatic N) is 2. The molecule has 1 atom stereocenters. The number of ether oxygens (including phenoxy) is 4. The van der Waals surface area contributed by atoms with E-state index in [2.05, 4.69) is 12.0 Å². The van der Waals surface area contributed by atoms with E-state index in [9.17, 15) is 14.4 Å². The van der Waals surface area contributed by atoms with Crippen LogP contribution in [-0.2, 0) is 20.8 Å². The summed E-state index contributed by atoms with van der Waals surface area (Å²) >= 11 is 0. The summed E-state index contributed by atoms with van der Waals surface area (Å²) in [7, 11) is 0. The summed E-state index contributed by atoms with van der Waals surface area (Å²) in [5.74, 6) is -0.909. The zero-order valence-corrected chi connectivity index (χ0v) is 18.4. The van der Waals surface area contributed by atoms with Crippen LogP contribution in [0.4, 0.5) is 4.79 Å². The maximum absolute atomic E-state index is 12.8. The number of morpholine rings is 1. The minimum absolute atomic E-state index is 0.0620. The third kappa shape index (κ3) is 6.13. The maximum Gasteiger partial charge on any atom is 0.411 e. The molecule has 1 unspecified atom stereocenters. The van der Waals surface area contributed by atoms with E-state index < -0.39 is 23.7 Å². The van der Waals surface area contributed by atoms with Gasteiger partial charge in [0.1, 0.15) is 19.4 Å². The second-order valence-corrected chi connectivity index (χ2v) is 7.00. The topological polar surface area (TPSA) is 108 Å². The summed E-state index contributed by atoms with van der Waals surface area (Å²) in [5.41, 5.74) is 3.26. The number of carbonyl (C=O) groups excluding carboxylic acids is 2. The second-order valence-electron chi connectivity index (χ2n) is 7.00. The summed E-state index contributed by atoms with van der Waals surface area (Å²) in [6.45, 7) is 6.19. The van der Waals surface area contributed by atoms with Crippen molar-refractivity contribution in [3.05, 3.63) is 76.7 Å². The van der Waals surface area contributed by atoms with E-state index in [1.54, 1.807) is 6.92 Å². The molecule has 1 aromatic heterocycles. The van der Waals surface area contributed by atoms with Gasteiger partial charge in [-0.2, -0.15) is 0 Å². The molecule has 1 saturated heterocycles. The molecule has 33 heavy (non-hydrogen) atoms. The molecule has 2 heterocycles. The Morgan fingerprint density at radius 1 is 1.24 bits per heavy atom. The van der Waals surface area contributed by atoms with Crippen molar-refractivity contribution in [3.8, 4) is 5.75 Å². The number of nitrogens with one attached hydrogen (secondary N) is 1. The van der Waals surface area contributed by atoms with Crippen LogP contribution in [0.15, 0.2) is 60.0 Å². The van der Waals surface area contributed by atoms with Gasteiger partial charge in [0.2, 0.25) is 5.43 Å². The molecule has 3 rings (SSSR count). The third-order valence-corrected chi connectivity index (χ3v) is 4.73. The van der Waals surface area contributed by atoms with Crippen LogP contribution in [0.3, 0.4) is 0 Å². The zero-order chi connectivity index (χ0) is 23.6. The van der Waals surface area contributed by atoms with Crippen molar-refractivity contribution in [3.63, 3.8) is 0 Å². The van der Waals surface area contributed by atoms with E-state index >= 15 is 0 Å². The number of rotatable bonds is 9. The second kappa shape index (κ2) is 11.7. The first-order valence-electron chi connectivity index (χ1n) is 10.5. The lowest BCUT2D eigenvalue weighted by atomic mass is 10.2. The Kier molecular flexibility index (Phi) is 8.48. The van der Waals surface area contributed by atoms with Crippen LogP contribution in [0, 0.1) is 0 Å². The van der Waals surface area contributed by atoms with Crippen LogP contribution in [-0.4, -0.2) is 60.8 Å². The van der Waals surface area contributed by atoms with Crippen molar-refractivity contribution >= 4 is 12.1 Å². The number of carbonyl (C=O) groups is 2. The summed E-state index contributed by atoms with van der Waals surface area (Å²) in [6, 6.07) is 10.5. The molecule has 1 N–H and O–H groups in total. The molecule has 176 valence electrons. The maximum atomic E-state index is 12.8. The molecular formula is C23H27N3O7. The number of benzene rings is 1. The first-order valence-corrected chi connectivity index (χ1v) is 10.5. The van der Waals surface area contributed by atoms with Gasteiger partial charge in [0.25, 0.3) is 0 Å². The summed E-state index contributed by atoms with van der Waals surface area (Å²) in [6.07, 6.45) is 1.62. The van der Waals surface area contributed by atoms with Gasteiger partial charge < -0.3 is 24.4 Å². The van der Waals surface area contributed by atoms with E-state index in [0.717, 1.165) is 5.56 Å². The fourth-order valence-corrected chi connectivity index (χ4v) is 3.19. The van der Waals surface area contributed by atoms with E-state index in [4.69, 9.17) is 18.9 Å². The largest absolute Gasteiger partial charge is 0.482 e. The Morgan fingerprint density at radius 2 is 2.03 bits per heavy atom. The zero-order valence-electron chi connectivity index (χ0n) is 18.4. The molecule has 0 spiro atoms. The van der Waals surface area contributed by atoms with Gasteiger partial charge in [-0.1, -0.05) is 43.0 Å². The molecule has 0 radical (unpaired) electrons. The highest BCUT2D eigenvalue weighted by atomic mass is 16.6. The van der Waals surface area contributed by atoms with Gasteiger partial charge in [-0.05, 0) is 12.5 Å². The Labute approximate surface area is 191 Å². The van der Waals surface area contributed by atoms with Crippen molar-refractivity contribution in [2.45, 2.75) is 19.7 Å². The number of hydrogen-bond donors (Lipinski definition) is 1. The van der Waals surface area contributed by atoms with E-state index in [1.165, 1.54) is 27.9 Å². The Morgan fingerprint density at radius 3 is 2.76 bits per heavy atom. The van der Waals surface area contributed by atoms with Crippen LogP contribution in [0.5, 0.6) is 5.75 Å². The summed E-state index contributed by atoms with van der Waals surface area (Å²) < 4.78 is 22.9. The van der Waals surface area contributed by atoms with Gasteiger partial charge in [0, 0.05) is 18.8 Å². The Balaban J connectivity index is 1.91. The molecule has 10 heteroatoms. The highest BCUT2D eigenvalue weighted by Gasteiger charge is 2.30. The summed E-state index contributed by atoms with van der Waals surface area (Å²) in [5, 5.41) is 0. The molecule has 1 aromatic carbocycles. The van der Waals surface area contributed by atoms with Crippen molar-refractivity contribution in [2.75, 3.05) is 38.4 Å². The van der Waals surface area contributed by atoms with Crippen molar-refractivity contribution in [1.82, 2.24) is 9.58 Å². The van der Waals surface area contributed by atoms with Gasteiger partial charge in [0.15, 0.2) is 11.4 Å². The number of aromatic nitrogens is 1. The van der Waals surface area contributed by atoms with Crippen molar-refractivity contribution < 1.29 is 28.5 Å². The van der Waals surface area contributed by atoms with Crippen molar-refractivity contribution in [1.29, 1.82) is 0 Å². The first-order chi connectivity index (χ1) is 16.0. The average Bonchev–Trinajstić information content (AvgIpc) is 2.83. The van der Waals surface area contributed by atoms with Crippen LogP contribution in [0.2, 0.25) is 0 Å². The van der Waals surface area contributed by atoms with Crippen LogP contribution < -0.4 is 15.6 Å². The molecular weight excluding hydrogens is 430 g/mol. The number of esters is 1. The van der Waals surface area contributed by atoms with E-state index in [0.29, 0.717) is 6.61 Å². The molecule has 1 aliphatic heterocycles. The van der Waals surface area contributed by atoms with Crippen LogP contribution in [0.25, 0.3) is 0 Å². The molecule has 1 amide bonds. The lowest BCUT2D eigenvalue weighted by Crippen LogP contribution is -2.55. The van der Waals surface area contributed by atoms with Crippen LogP contribution >= 0.6 is 0 Å². The normalized spacial score (nSPS) is 15.4. The minimum Gasteiger partial charge on any atom is -0.482 e. The van der Waals surface area contributed by atoms with Gasteiger partial charge in [0.05, 0.1) is 19.8 Å². The average molecular weight is 457 g/mol. The molecule has 1 aliphatic rings. The number of hydrogen-bond acceptors (Lipinski definition) is 8. The summed E-state index contributed by atoms with van der Waals surface area (Å²) in [4.78, 5) is 39.3. The van der Waals surface area contributed by atoms with Gasteiger partial charge in [-0.3, -0.25) is 14.4 Å². The predicted octanol–water partition coefficient (Wildman–Crippen LogP) is 2.13. The lowest BCUT2D eigenvalue weighted by Gasteiger charge is -2.36. The van der Waals surface area contributed by atoms with E-state index in [1.807, 2.05) is 30.3 Å². The molecule has 0 bridgehead atoms. The quantitative estimate of drug-likeness (QED) is 0.451. The number of pyridine rings is 1. The van der Waals surface area contributed by atoms with Gasteiger partial charge in [-0.25, -0.2) is 9.59 Å². The molecule has 10 nitrogen and oxygen atoms in total. The highest BCUT2D eigenvalue weighted by Crippen LogP contribution is 2.18. The SMILES string of the molecule is C=CCOC(=O)N1CCOCC1Nn1ccc(=O)c(OCc2ccccc2)c1C(=O)OCC. The Bertz CT molecular complexity index is 1020. The van der Waals surface area contributed by atoms with Crippen LogP contribution in [0.1, 0.15) is 23.0 Å². The minimum atomic E-state index is -0.747. The third-order valence-electron chi connectivity index (χ3n) is 4.73. The lowest BCUT2D eigenvalue weighted by molar-refractivity contribution is -0.00209. The monoisotopic (exact) mass is 457 g/mol. The standard InChI is InChI=1S/C23H27N3O7/c1-3-13-32-23(29)25-12-14-30-16-19(25)24-26-11-10-18(27)21(20(26)22(28)31-4-2)33-15-17-8-6-5-7-9-17/h3,5-11,19,24H,1,4,12-16H2,2H3. The van der Waals surface area contributed by atoms with Gasteiger partial charge in [-0.15, -0.1) is 0 Å². The number of amides is 1. The fourth-order valence-electron chi connectivity index (χ4n) is 3.19.